The van der Waals surface area contributed by atoms with Crippen LogP contribution in [0.1, 0.15) is 15.9 Å². The highest BCUT2D eigenvalue weighted by Crippen LogP contribution is 2.27. The molecule has 3 aromatic rings. The number of rotatable bonds is 4. The van der Waals surface area contributed by atoms with Gasteiger partial charge in [0.25, 0.3) is 0 Å². The van der Waals surface area contributed by atoms with Gasteiger partial charge in [-0.05, 0) is 23.8 Å². The van der Waals surface area contributed by atoms with E-state index in [9.17, 15) is 4.79 Å². The fraction of sp³-hybridized carbons (Fsp3) is 0.133. The first-order valence-corrected chi connectivity index (χ1v) is 8.32. The van der Waals surface area contributed by atoms with Gasteiger partial charge in [-0.15, -0.1) is 10.2 Å². The van der Waals surface area contributed by atoms with Crippen molar-refractivity contribution < 1.29 is 9.53 Å². The van der Waals surface area contributed by atoms with E-state index in [4.69, 9.17) is 27.9 Å². The molecule has 8 heteroatoms. The van der Waals surface area contributed by atoms with Crippen LogP contribution >= 0.6 is 35.0 Å². The zero-order valence-electron chi connectivity index (χ0n) is 12.0. The fourth-order valence-corrected chi connectivity index (χ4v) is 3.42. The van der Waals surface area contributed by atoms with Crippen LogP contribution in [0.25, 0.3) is 5.65 Å². The van der Waals surface area contributed by atoms with Crippen molar-refractivity contribution in [3.63, 3.8) is 0 Å². The molecule has 0 radical (unpaired) electrons. The Kier molecular flexibility index (Phi) is 4.75. The molecule has 0 N–H and O–H groups in total. The first kappa shape index (κ1) is 16.1. The topological polar surface area (TPSA) is 56.5 Å². The predicted molar refractivity (Wildman–Crippen MR) is 90.3 cm³/mol. The summed E-state index contributed by atoms with van der Waals surface area (Å²) < 4.78 is 6.47. The summed E-state index contributed by atoms with van der Waals surface area (Å²) >= 11 is 13.6. The molecule has 2 aromatic heterocycles. The van der Waals surface area contributed by atoms with E-state index in [2.05, 4.69) is 10.2 Å². The van der Waals surface area contributed by atoms with E-state index in [0.29, 0.717) is 32.2 Å². The Morgan fingerprint density at radius 3 is 2.91 bits per heavy atom. The molecule has 0 aliphatic rings. The number of carbonyl (C=O) groups is 1. The molecule has 0 fully saturated rings. The number of carbonyl (C=O) groups excluding carboxylic acids is 1. The second kappa shape index (κ2) is 6.78. The van der Waals surface area contributed by atoms with Gasteiger partial charge in [0.05, 0.1) is 22.7 Å². The number of halogens is 2. The number of methoxy groups -OCH3 is 1. The second-order valence-electron chi connectivity index (χ2n) is 4.66. The summed E-state index contributed by atoms with van der Waals surface area (Å²) in [6.07, 6.45) is 1.72. The lowest BCUT2D eigenvalue weighted by atomic mass is 10.1. The lowest BCUT2D eigenvalue weighted by Crippen LogP contribution is -2.01. The van der Waals surface area contributed by atoms with Gasteiger partial charge in [-0.3, -0.25) is 4.40 Å². The zero-order valence-corrected chi connectivity index (χ0v) is 14.3. The summed E-state index contributed by atoms with van der Waals surface area (Å²) in [5.41, 5.74) is 2.05. The van der Waals surface area contributed by atoms with Gasteiger partial charge in [0.1, 0.15) is 0 Å². The van der Waals surface area contributed by atoms with Crippen molar-refractivity contribution in [2.75, 3.05) is 7.11 Å². The number of fused-ring (bicyclic) bond motifs is 1. The molecule has 23 heavy (non-hydrogen) atoms. The number of pyridine rings is 1. The SMILES string of the molecule is COC(=O)c1cccc(CSc2nnc3c(Cl)cc(Cl)cn23)c1. The molecule has 0 spiro atoms. The number of esters is 1. The number of aromatic nitrogens is 3. The van der Waals surface area contributed by atoms with Crippen molar-refractivity contribution in [1.82, 2.24) is 14.6 Å². The van der Waals surface area contributed by atoms with E-state index < -0.39 is 0 Å². The summed E-state index contributed by atoms with van der Waals surface area (Å²) in [5, 5.41) is 9.82. The minimum absolute atomic E-state index is 0.358. The molecule has 3 rings (SSSR count). The Balaban J connectivity index is 1.83. The quantitative estimate of drug-likeness (QED) is 0.512. The van der Waals surface area contributed by atoms with E-state index in [1.807, 2.05) is 12.1 Å². The molecule has 0 bridgehead atoms. The Bertz CT molecular complexity index is 882. The first-order valence-electron chi connectivity index (χ1n) is 6.58. The standard InChI is InChI=1S/C15H11Cl2N3O2S/c1-22-14(21)10-4-2-3-9(5-10)8-23-15-19-18-13-12(17)6-11(16)7-20(13)15/h2-7H,8H2,1H3. The third-order valence-corrected chi connectivity index (χ3v) is 4.61. The van der Waals surface area contributed by atoms with Crippen molar-refractivity contribution in [2.24, 2.45) is 0 Å². The van der Waals surface area contributed by atoms with Crippen LogP contribution < -0.4 is 0 Å². The Morgan fingerprint density at radius 1 is 1.30 bits per heavy atom. The Labute approximate surface area is 146 Å². The smallest absolute Gasteiger partial charge is 0.337 e. The molecule has 0 saturated heterocycles. The van der Waals surface area contributed by atoms with Crippen molar-refractivity contribution in [2.45, 2.75) is 10.9 Å². The largest absolute Gasteiger partial charge is 0.465 e. The second-order valence-corrected chi connectivity index (χ2v) is 6.45. The lowest BCUT2D eigenvalue weighted by Gasteiger charge is -2.04. The van der Waals surface area contributed by atoms with Gasteiger partial charge in [-0.25, -0.2) is 4.79 Å². The number of nitrogens with zero attached hydrogens (tertiary/aromatic N) is 3. The molecule has 0 saturated carbocycles. The molecule has 0 aliphatic heterocycles. The fourth-order valence-electron chi connectivity index (χ4n) is 2.05. The molecule has 118 valence electrons. The molecule has 2 heterocycles. The average Bonchev–Trinajstić information content (AvgIpc) is 2.95. The third kappa shape index (κ3) is 3.44. The van der Waals surface area contributed by atoms with Crippen molar-refractivity contribution >= 4 is 46.6 Å². The minimum Gasteiger partial charge on any atom is -0.465 e. The van der Waals surface area contributed by atoms with Gasteiger partial charge in [-0.2, -0.15) is 0 Å². The number of benzene rings is 1. The van der Waals surface area contributed by atoms with Crippen LogP contribution in [0.15, 0.2) is 41.7 Å². The maximum atomic E-state index is 11.6. The molecule has 0 unspecified atom stereocenters. The van der Waals surface area contributed by atoms with Gasteiger partial charge in [-0.1, -0.05) is 47.1 Å². The van der Waals surface area contributed by atoms with Gasteiger partial charge in [0, 0.05) is 11.9 Å². The zero-order chi connectivity index (χ0) is 16.4. The van der Waals surface area contributed by atoms with Crippen LogP contribution in [0.4, 0.5) is 0 Å². The molecule has 1 aromatic carbocycles. The van der Waals surface area contributed by atoms with Crippen LogP contribution in [0.5, 0.6) is 0 Å². The molecule has 0 atom stereocenters. The highest BCUT2D eigenvalue weighted by atomic mass is 35.5. The average molecular weight is 368 g/mol. The lowest BCUT2D eigenvalue weighted by molar-refractivity contribution is 0.0600. The van der Waals surface area contributed by atoms with Crippen LogP contribution in [-0.2, 0) is 10.5 Å². The molecule has 0 aliphatic carbocycles. The minimum atomic E-state index is -0.358. The van der Waals surface area contributed by atoms with E-state index >= 15 is 0 Å². The molecule has 0 amide bonds. The van der Waals surface area contributed by atoms with Crippen molar-refractivity contribution in [3.05, 3.63) is 57.7 Å². The number of thioether (sulfide) groups is 1. The normalized spacial score (nSPS) is 10.9. The van der Waals surface area contributed by atoms with E-state index in [1.54, 1.807) is 28.8 Å². The summed E-state index contributed by atoms with van der Waals surface area (Å²) in [5.74, 6) is 0.263. The molecular weight excluding hydrogens is 357 g/mol. The van der Waals surface area contributed by atoms with E-state index in [0.717, 1.165) is 5.56 Å². The van der Waals surface area contributed by atoms with Crippen molar-refractivity contribution in [1.29, 1.82) is 0 Å². The monoisotopic (exact) mass is 367 g/mol. The van der Waals surface area contributed by atoms with Gasteiger partial charge in [0.15, 0.2) is 10.8 Å². The van der Waals surface area contributed by atoms with Crippen LogP contribution in [-0.4, -0.2) is 27.7 Å². The maximum absolute atomic E-state index is 11.6. The number of hydrogen-bond donors (Lipinski definition) is 0. The summed E-state index contributed by atoms with van der Waals surface area (Å²) in [6.45, 7) is 0. The number of hydrogen-bond acceptors (Lipinski definition) is 5. The summed E-state index contributed by atoms with van der Waals surface area (Å²) in [4.78, 5) is 11.6. The predicted octanol–water partition coefficient (Wildman–Crippen LogP) is 4.12. The van der Waals surface area contributed by atoms with Gasteiger partial charge >= 0.3 is 5.97 Å². The maximum Gasteiger partial charge on any atom is 0.337 e. The first-order chi connectivity index (χ1) is 11.1. The van der Waals surface area contributed by atoms with Gasteiger partial charge < -0.3 is 4.74 Å². The van der Waals surface area contributed by atoms with Gasteiger partial charge in [0.2, 0.25) is 0 Å². The van der Waals surface area contributed by atoms with E-state index in [1.165, 1.54) is 18.9 Å². The summed E-state index contributed by atoms with van der Waals surface area (Å²) in [6, 6.07) is 8.88. The van der Waals surface area contributed by atoms with Crippen molar-refractivity contribution in [3.8, 4) is 0 Å². The molecular formula is C15H11Cl2N3O2S. The van der Waals surface area contributed by atoms with Crippen LogP contribution in [0.3, 0.4) is 0 Å². The third-order valence-electron chi connectivity index (χ3n) is 3.11. The Hall–Kier alpha value is -1.76. The van der Waals surface area contributed by atoms with Crippen LogP contribution in [0, 0.1) is 0 Å². The summed E-state index contributed by atoms with van der Waals surface area (Å²) in [7, 11) is 1.36. The number of ether oxygens (including phenoxy) is 1. The molecule has 5 nitrogen and oxygen atoms in total. The Morgan fingerprint density at radius 2 is 2.13 bits per heavy atom. The van der Waals surface area contributed by atoms with Crippen LogP contribution in [0.2, 0.25) is 10.0 Å². The highest BCUT2D eigenvalue weighted by Gasteiger charge is 2.11. The highest BCUT2D eigenvalue weighted by molar-refractivity contribution is 7.98. The van der Waals surface area contributed by atoms with E-state index in [-0.39, 0.29) is 5.97 Å².